The normalized spacial score (nSPS) is 33.4. The molecule has 1 aliphatic carbocycles. The van der Waals surface area contributed by atoms with Crippen LogP contribution in [0.2, 0.25) is 0 Å². The van der Waals surface area contributed by atoms with Crippen molar-refractivity contribution >= 4 is 0 Å². The summed E-state index contributed by atoms with van der Waals surface area (Å²) in [5.41, 5.74) is 6.04. The minimum atomic E-state index is -0.423. The van der Waals surface area contributed by atoms with Crippen LogP contribution >= 0.6 is 0 Å². The lowest BCUT2D eigenvalue weighted by Crippen LogP contribution is -2.50. The molecule has 1 spiro atoms. The smallest absolute Gasteiger partial charge is 0.171 e. The molecule has 94 valence electrons. The van der Waals surface area contributed by atoms with Crippen molar-refractivity contribution in [1.29, 1.82) is 0 Å². The van der Waals surface area contributed by atoms with Gasteiger partial charge < -0.3 is 24.7 Å². The fourth-order valence-corrected chi connectivity index (χ4v) is 2.36. The van der Waals surface area contributed by atoms with Gasteiger partial charge in [-0.15, -0.1) is 0 Å². The van der Waals surface area contributed by atoms with Crippen LogP contribution in [-0.4, -0.2) is 51.5 Å². The molecule has 1 saturated carbocycles. The van der Waals surface area contributed by atoms with Gasteiger partial charge in [0.1, 0.15) is 0 Å². The molecule has 2 fully saturated rings. The summed E-state index contributed by atoms with van der Waals surface area (Å²) in [4.78, 5) is 0. The molecule has 2 N–H and O–H groups in total. The fraction of sp³-hybridized carbons (Fsp3) is 1.00. The van der Waals surface area contributed by atoms with E-state index in [9.17, 15) is 0 Å². The van der Waals surface area contributed by atoms with Crippen LogP contribution in [0.25, 0.3) is 0 Å². The van der Waals surface area contributed by atoms with Crippen molar-refractivity contribution in [3.63, 3.8) is 0 Å². The van der Waals surface area contributed by atoms with Gasteiger partial charge >= 0.3 is 0 Å². The standard InChI is InChI=1S/C11H21NO4/c1-13-4-5-14-10-8-11(3-2-9(10)12)15-6-7-16-11/h9-10H,2-8,12H2,1H3. The lowest BCUT2D eigenvalue weighted by atomic mass is 9.88. The SMILES string of the molecule is COCCOC1CC2(CCC1N)OCCO2. The van der Waals surface area contributed by atoms with E-state index >= 15 is 0 Å². The summed E-state index contributed by atoms with van der Waals surface area (Å²) < 4.78 is 22.0. The number of methoxy groups -OCH3 is 1. The van der Waals surface area contributed by atoms with Crippen LogP contribution in [0.1, 0.15) is 19.3 Å². The predicted molar refractivity (Wildman–Crippen MR) is 58.1 cm³/mol. The lowest BCUT2D eigenvalue weighted by Gasteiger charge is -2.39. The van der Waals surface area contributed by atoms with Crippen molar-refractivity contribution in [3.05, 3.63) is 0 Å². The molecular weight excluding hydrogens is 210 g/mol. The highest BCUT2D eigenvalue weighted by Crippen LogP contribution is 2.36. The molecular formula is C11H21NO4. The molecule has 2 rings (SSSR count). The lowest BCUT2D eigenvalue weighted by molar-refractivity contribution is -0.205. The molecule has 2 unspecified atom stereocenters. The summed E-state index contributed by atoms with van der Waals surface area (Å²) >= 11 is 0. The Morgan fingerprint density at radius 2 is 2.06 bits per heavy atom. The van der Waals surface area contributed by atoms with Gasteiger partial charge in [0.15, 0.2) is 5.79 Å². The minimum absolute atomic E-state index is 0.0157. The van der Waals surface area contributed by atoms with Crippen molar-refractivity contribution in [1.82, 2.24) is 0 Å². The summed E-state index contributed by atoms with van der Waals surface area (Å²) in [5, 5.41) is 0. The molecule has 5 nitrogen and oxygen atoms in total. The third-order valence-corrected chi connectivity index (χ3v) is 3.28. The number of hydrogen-bond donors (Lipinski definition) is 1. The van der Waals surface area contributed by atoms with Crippen LogP contribution < -0.4 is 5.73 Å². The Labute approximate surface area is 96.2 Å². The number of hydrogen-bond acceptors (Lipinski definition) is 5. The van der Waals surface area contributed by atoms with Crippen LogP contribution in [0.5, 0.6) is 0 Å². The quantitative estimate of drug-likeness (QED) is 0.704. The third-order valence-electron chi connectivity index (χ3n) is 3.28. The minimum Gasteiger partial charge on any atom is -0.382 e. The van der Waals surface area contributed by atoms with Crippen LogP contribution in [0.3, 0.4) is 0 Å². The van der Waals surface area contributed by atoms with Gasteiger partial charge in [0, 0.05) is 26.0 Å². The molecule has 1 saturated heterocycles. The third kappa shape index (κ3) is 2.73. The molecule has 0 aromatic carbocycles. The summed E-state index contributed by atoms with van der Waals surface area (Å²) in [6.07, 6.45) is 2.51. The summed E-state index contributed by atoms with van der Waals surface area (Å²) in [6, 6.07) is 0.0790. The zero-order chi connectivity index (χ0) is 11.4. The molecule has 1 aliphatic heterocycles. The second-order valence-electron chi connectivity index (χ2n) is 4.42. The number of ether oxygens (including phenoxy) is 4. The van der Waals surface area contributed by atoms with Gasteiger partial charge in [-0.1, -0.05) is 0 Å². The van der Waals surface area contributed by atoms with E-state index in [0.29, 0.717) is 26.4 Å². The Balaban J connectivity index is 1.84. The van der Waals surface area contributed by atoms with E-state index in [1.165, 1.54) is 0 Å². The van der Waals surface area contributed by atoms with E-state index < -0.39 is 5.79 Å². The first-order chi connectivity index (χ1) is 7.76. The summed E-state index contributed by atoms with van der Waals surface area (Å²) in [6.45, 7) is 2.53. The fourth-order valence-electron chi connectivity index (χ4n) is 2.36. The van der Waals surface area contributed by atoms with Crippen molar-refractivity contribution < 1.29 is 18.9 Å². The molecule has 5 heteroatoms. The molecule has 1 heterocycles. The molecule has 0 aromatic rings. The monoisotopic (exact) mass is 231 g/mol. The van der Waals surface area contributed by atoms with E-state index in [1.807, 2.05) is 0 Å². The molecule has 2 atom stereocenters. The predicted octanol–water partition coefficient (Wildman–Crippen LogP) is 0.272. The molecule has 2 aliphatic rings. The van der Waals surface area contributed by atoms with Crippen molar-refractivity contribution in [2.45, 2.75) is 37.2 Å². The van der Waals surface area contributed by atoms with Crippen molar-refractivity contribution in [3.8, 4) is 0 Å². The highest BCUT2D eigenvalue weighted by Gasteiger charge is 2.44. The zero-order valence-corrected chi connectivity index (χ0v) is 9.81. The highest BCUT2D eigenvalue weighted by molar-refractivity contribution is 4.90. The molecule has 0 bridgehead atoms. The van der Waals surface area contributed by atoms with E-state index in [-0.39, 0.29) is 12.1 Å². The largest absolute Gasteiger partial charge is 0.382 e. The Kier molecular flexibility index (Phi) is 4.16. The molecule has 0 aromatic heterocycles. The van der Waals surface area contributed by atoms with Gasteiger partial charge in [-0.3, -0.25) is 0 Å². The number of rotatable bonds is 4. The van der Waals surface area contributed by atoms with E-state index in [1.54, 1.807) is 7.11 Å². The Hall–Kier alpha value is -0.200. The van der Waals surface area contributed by atoms with Gasteiger partial charge in [-0.2, -0.15) is 0 Å². The first-order valence-corrected chi connectivity index (χ1v) is 5.90. The van der Waals surface area contributed by atoms with Crippen molar-refractivity contribution in [2.75, 3.05) is 33.5 Å². The maximum atomic E-state index is 6.04. The van der Waals surface area contributed by atoms with E-state index in [2.05, 4.69) is 0 Å². The average molecular weight is 231 g/mol. The molecule has 0 amide bonds. The van der Waals surface area contributed by atoms with Gasteiger partial charge in [0.25, 0.3) is 0 Å². The first kappa shape index (κ1) is 12.3. The molecule has 16 heavy (non-hydrogen) atoms. The first-order valence-electron chi connectivity index (χ1n) is 5.90. The topological polar surface area (TPSA) is 62.9 Å². The van der Waals surface area contributed by atoms with Gasteiger partial charge in [-0.05, 0) is 6.42 Å². The zero-order valence-electron chi connectivity index (χ0n) is 9.81. The van der Waals surface area contributed by atoms with E-state index in [0.717, 1.165) is 19.3 Å². The second-order valence-corrected chi connectivity index (χ2v) is 4.42. The van der Waals surface area contributed by atoms with Crippen LogP contribution in [0, 0.1) is 0 Å². The Bertz CT molecular complexity index is 218. The second kappa shape index (κ2) is 5.42. The maximum Gasteiger partial charge on any atom is 0.171 e. The van der Waals surface area contributed by atoms with Gasteiger partial charge in [0.05, 0.1) is 32.5 Å². The summed E-state index contributed by atoms with van der Waals surface area (Å²) in [5.74, 6) is -0.423. The van der Waals surface area contributed by atoms with E-state index in [4.69, 9.17) is 24.7 Å². The Morgan fingerprint density at radius 1 is 1.31 bits per heavy atom. The Morgan fingerprint density at radius 3 is 2.75 bits per heavy atom. The van der Waals surface area contributed by atoms with Gasteiger partial charge in [-0.25, -0.2) is 0 Å². The van der Waals surface area contributed by atoms with Crippen molar-refractivity contribution in [2.24, 2.45) is 5.73 Å². The van der Waals surface area contributed by atoms with Crippen LogP contribution in [0.4, 0.5) is 0 Å². The maximum absolute atomic E-state index is 6.04. The van der Waals surface area contributed by atoms with Crippen LogP contribution in [-0.2, 0) is 18.9 Å². The highest BCUT2D eigenvalue weighted by atomic mass is 16.7. The summed E-state index contributed by atoms with van der Waals surface area (Å²) in [7, 11) is 1.66. The number of nitrogens with two attached hydrogens (primary N) is 1. The van der Waals surface area contributed by atoms with Gasteiger partial charge in [0.2, 0.25) is 0 Å². The average Bonchev–Trinajstić information content (AvgIpc) is 2.73. The molecule has 0 radical (unpaired) electrons. The van der Waals surface area contributed by atoms with Crippen LogP contribution in [0.15, 0.2) is 0 Å².